The van der Waals surface area contributed by atoms with Crippen LogP contribution < -0.4 is 4.90 Å². The van der Waals surface area contributed by atoms with Gasteiger partial charge in [0.1, 0.15) is 11.4 Å². The number of piperidine rings is 1. The molecule has 7 nitrogen and oxygen atoms in total. The Kier molecular flexibility index (Phi) is 4.68. The number of carbonyl (C=O) groups excluding carboxylic acids is 2. The zero-order chi connectivity index (χ0) is 20.7. The monoisotopic (exact) mass is 405 g/mol. The van der Waals surface area contributed by atoms with E-state index in [9.17, 15) is 9.59 Å². The summed E-state index contributed by atoms with van der Waals surface area (Å²) < 4.78 is 0. The number of benzene rings is 1. The number of carbonyl (C=O) groups is 2. The van der Waals surface area contributed by atoms with Gasteiger partial charge in [-0.1, -0.05) is 30.3 Å². The Morgan fingerprint density at radius 2 is 1.80 bits per heavy atom. The molecular formula is C23H27N5O2. The number of rotatable bonds is 5. The Hall–Kier alpha value is -2.96. The molecule has 3 fully saturated rings. The Balaban J connectivity index is 1.41. The summed E-state index contributed by atoms with van der Waals surface area (Å²) in [6.07, 6.45) is 6.96. The minimum Gasteiger partial charge on any atom is -0.355 e. The second kappa shape index (κ2) is 7.38. The Morgan fingerprint density at radius 3 is 2.47 bits per heavy atom. The summed E-state index contributed by atoms with van der Waals surface area (Å²) in [5, 5.41) is 0. The lowest BCUT2D eigenvalue weighted by atomic mass is 9.85. The number of hydrogen-bond donors (Lipinski definition) is 0. The first kappa shape index (κ1) is 19.0. The van der Waals surface area contributed by atoms with Crippen molar-refractivity contribution in [2.45, 2.75) is 44.7 Å². The summed E-state index contributed by atoms with van der Waals surface area (Å²) in [5.41, 5.74) is 1.18. The van der Waals surface area contributed by atoms with Crippen molar-refractivity contribution in [1.29, 1.82) is 0 Å². The zero-order valence-electron chi connectivity index (χ0n) is 17.3. The third-order valence-electron chi connectivity index (χ3n) is 6.60. The van der Waals surface area contributed by atoms with Gasteiger partial charge in [-0.25, -0.2) is 9.78 Å². The highest BCUT2D eigenvalue weighted by Gasteiger charge is 2.58. The van der Waals surface area contributed by atoms with E-state index in [1.165, 1.54) is 4.90 Å². The van der Waals surface area contributed by atoms with Crippen molar-refractivity contribution in [3.8, 4) is 0 Å². The molecule has 7 heteroatoms. The number of imide groups is 1. The van der Waals surface area contributed by atoms with Gasteiger partial charge in [-0.05, 0) is 44.1 Å². The summed E-state index contributed by atoms with van der Waals surface area (Å²) in [6, 6.07) is 9.84. The van der Waals surface area contributed by atoms with E-state index >= 15 is 0 Å². The molecule has 1 spiro atoms. The van der Waals surface area contributed by atoms with Gasteiger partial charge in [0.2, 0.25) is 0 Å². The molecule has 5 rings (SSSR count). The normalized spacial score (nSPS) is 21.0. The van der Waals surface area contributed by atoms with Gasteiger partial charge in [0.05, 0.1) is 11.9 Å². The highest BCUT2D eigenvalue weighted by Crippen LogP contribution is 2.41. The number of anilines is 1. The van der Waals surface area contributed by atoms with Crippen LogP contribution in [0.5, 0.6) is 0 Å². The van der Waals surface area contributed by atoms with Crippen molar-refractivity contribution < 1.29 is 9.59 Å². The first-order valence-corrected chi connectivity index (χ1v) is 10.8. The van der Waals surface area contributed by atoms with Crippen molar-refractivity contribution in [1.82, 2.24) is 19.8 Å². The maximum absolute atomic E-state index is 13.6. The molecule has 2 aliphatic heterocycles. The maximum atomic E-state index is 13.6. The molecule has 0 radical (unpaired) electrons. The van der Waals surface area contributed by atoms with Crippen LogP contribution in [0, 0.1) is 12.8 Å². The van der Waals surface area contributed by atoms with Crippen LogP contribution in [0.1, 0.15) is 36.9 Å². The molecule has 0 atom stereocenters. The maximum Gasteiger partial charge on any atom is 0.327 e. The molecule has 1 saturated carbocycles. The van der Waals surface area contributed by atoms with Crippen LogP contribution in [0.2, 0.25) is 0 Å². The zero-order valence-corrected chi connectivity index (χ0v) is 17.3. The van der Waals surface area contributed by atoms with Crippen molar-refractivity contribution in [2.75, 3.05) is 24.5 Å². The van der Waals surface area contributed by atoms with Crippen molar-refractivity contribution in [3.05, 3.63) is 54.0 Å². The van der Waals surface area contributed by atoms with Crippen molar-refractivity contribution >= 4 is 17.8 Å². The average Bonchev–Trinajstić information content (AvgIpc) is 3.57. The van der Waals surface area contributed by atoms with Crippen LogP contribution in [0.4, 0.5) is 10.6 Å². The van der Waals surface area contributed by atoms with E-state index in [2.05, 4.69) is 14.9 Å². The molecule has 3 aliphatic rings. The predicted octanol–water partition coefficient (Wildman–Crippen LogP) is 3.00. The van der Waals surface area contributed by atoms with Crippen LogP contribution in [0.15, 0.2) is 42.7 Å². The number of urea groups is 1. The molecule has 156 valence electrons. The van der Waals surface area contributed by atoms with Gasteiger partial charge in [0.25, 0.3) is 5.91 Å². The van der Waals surface area contributed by atoms with Gasteiger partial charge < -0.3 is 9.80 Å². The predicted molar refractivity (Wildman–Crippen MR) is 113 cm³/mol. The van der Waals surface area contributed by atoms with Crippen LogP contribution in [-0.2, 0) is 11.3 Å². The molecule has 3 heterocycles. The van der Waals surface area contributed by atoms with E-state index in [4.69, 9.17) is 0 Å². The summed E-state index contributed by atoms with van der Waals surface area (Å²) in [6.45, 7) is 4.33. The third kappa shape index (κ3) is 3.32. The molecule has 0 N–H and O–H groups in total. The number of aromatic nitrogens is 2. The Bertz CT molecular complexity index is 951. The van der Waals surface area contributed by atoms with Gasteiger partial charge in [-0.15, -0.1) is 0 Å². The van der Waals surface area contributed by atoms with Crippen molar-refractivity contribution in [2.24, 2.45) is 5.92 Å². The fraction of sp³-hybridized carbons (Fsp3) is 0.478. The first-order chi connectivity index (χ1) is 14.6. The summed E-state index contributed by atoms with van der Waals surface area (Å²) >= 11 is 0. The average molecular weight is 406 g/mol. The van der Waals surface area contributed by atoms with Crippen LogP contribution in [-0.4, -0.2) is 56.9 Å². The third-order valence-corrected chi connectivity index (χ3v) is 6.60. The highest BCUT2D eigenvalue weighted by atomic mass is 16.2. The second-order valence-corrected chi connectivity index (χ2v) is 8.75. The molecule has 2 aromatic rings. The lowest BCUT2D eigenvalue weighted by Gasteiger charge is -2.42. The fourth-order valence-electron chi connectivity index (χ4n) is 4.68. The minimum atomic E-state index is -0.754. The van der Waals surface area contributed by atoms with E-state index in [0.717, 1.165) is 29.9 Å². The lowest BCUT2D eigenvalue weighted by Crippen LogP contribution is -2.56. The van der Waals surface area contributed by atoms with E-state index in [1.54, 1.807) is 12.4 Å². The van der Waals surface area contributed by atoms with Crippen LogP contribution >= 0.6 is 0 Å². The summed E-state index contributed by atoms with van der Waals surface area (Å²) in [5.74, 6) is 1.31. The van der Waals surface area contributed by atoms with Crippen LogP contribution in [0.25, 0.3) is 0 Å². The van der Waals surface area contributed by atoms with Gasteiger partial charge in [0, 0.05) is 32.4 Å². The van der Waals surface area contributed by atoms with Crippen molar-refractivity contribution in [3.63, 3.8) is 0 Å². The summed E-state index contributed by atoms with van der Waals surface area (Å²) in [4.78, 5) is 41.3. The molecule has 3 amide bonds. The highest BCUT2D eigenvalue weighted by molar-refractivity contribution is 6.07. The van der Waals surface area contributed by atoms with E-state index in [-0.39, 0.29) is 11.9 Å². The number of hydrogen-bond acceptors (Lipinski definition) is 5. The number of nitrogens with zero attached hydrogens (tertiary/aromatic N) is 5. The molecule has 30 heavy (non-hydrogen) atoms. The molecule has 2 saturated heterocycles. The van der Waals surface area contributed by atoms with Gasteiger partial charge in [0.15, 0.2) is 0 Å². The number of amides is 3. The minimum absolute atomic E-state index is 0.00897. The summed E-state index contributed by atoms with van der Waals surface area (Å²) in [7, 11) is 0. The Morgan fingerprint density at radius 1 is 1.07 bits per heavy atom. The molecule has 1 aromatic heterocycles. The number of aryl methyl sites for hydroxylation is 1. The van der Waals surface area contributed by atoms with Crippen LogP contribution in [0.3, 0.4) is 0 Å². The van der Waals surface area contributed by atoms with E-state index < -0.39 is 5.54 Å². The van der Waals surface area contributed by atoms with Gasteiger partial charge in [-0.3, -0.25) is 14.7 Å². The second-order valence-electron chi connectivity index (χ2n) is 8.75. The topological polar surface area (TPSA) is 69.6 Å². The molecule has 1 aliphatic carbocycles. The van der Waals surface area contributed by atoms with Gasteiger partial charge in [-0.2, -0.15) is 0 Å². The molecular weight excluding hydrogens is 378 g/mol. The Labute approximate surface area is 176 Å². The molecule has 1 aromatic carbocycles. The lowest BCUT2D eigenvalue weighted by molar-refractivity contribution is -0.134. The largest absolute Gasteiger partial charge is 0.355 e. The standard InChI is InChI=1S/C23H27N5O2/c1-17-13-24-14-20(25-17)26-11-9-23(10-12-26)21(29)27(15-19-7-8-19)22(30)28(23)16-18-5-3-2-4-6-18/h2-6,13-14,19H,7-12,15-16H2,1H3. The molecule has 0 bridgehead atoms. The SMILES string of the molecule is Cc1cncc(N2CCC3(CC2)C(=O)N(CC2CC2)C(=O)N3Cc2ccccc2)n1. The smallest absolute Gasteiger partial charge is 0.327 e. The van der Waals surface area contributed by atoms with E-state index in [0.29, 0.717) is 44.9 Å². The molecule has 0 unspecified atom stereocenters. The van der Waals surface area contributed by atoms with Gasteiger partial charge >= 0.3 is 6.03 Å². The fourth-order valence-corrected chi connectivity index (χ4v) is 4.68. The first-order valence-electron chi connectivity index (χ1n) is 10.8. The van der Waals surface area contributed by atoms with E-state index in [1.807, 2.05) is 42.2 Å². The quantitative estimate of drug-likeness (QED) is 0.716.